The molecule has 9 heteroatoms. The van der Waals surface area contributed by atoms with E-state index in [0.717, 1.165) is 0 Å². The zero-order valence-corrected chi connectivity index (χ0v) is 14.9. The summed E-state index contributed by atoms with van der Waals surface area (Å²) in [7, 11) is 0. The Balaban J connectivity index is 1.89. The van der Waals surface area contributed by atoms with E-state index in [9.17, 15) is 9.59 Å². The van der Waals surface area contributed by atoms with Gasteiger partial charge in [-0.3, -0.25) is 14.3 Å². The van der Waals surface area contributed by atoms with Crippen LogP contribution in [0.15, 0.2) is 30.6 Å². The maximum absolute atomic E-state index is 12.2. The molecule has 1 aromatic heterocycles. The first-order valence-corrected chi connectivity index (χ1v) is 8.27. The number of benzene rings is 1. The van der Waals surface area contributed by atoms with E-state index in [1.807, 2.05) is 0 Å². The summed E-state index contributed by atoms with van der Waals surface area (Å²) in [4.78, 5) is 22.7. The Bertz CT molecular complexity index is 764. The largest absolute Gasteiger partial charge is 0.481 e. The summed E-state index contributed by atoms with van der Waals surface area (Å²) in [6.45, 7) is 2.04. The second kappa shape index (κ2) is 8.73. The molecule has 0 aliphatic heterocycles. The van der Waals surface area contributed by atoms with Gasteiger partial charge < -0.3 is 15.2 Å². The summed E-state index contributed by atoms with van der Waals surface area (Å²) < 4.78 is 7.10. The fraction of sp³-hybridized carbons (Fsp3) is 0.312. The Kier molecular flexibility index (Phi) is 6.66. The first kappa shape index (κ1) is 19.1. The fourth-order valence-electron chi connectivity index (χ4n) is 2.00. The van der Waals surface area contributed by atoms with Crippen molar-refractivity contribution in [3.05, 3.63) is 40.6 Å². The quantitative estimate of drug-likeness (QED) is 0.725. The van der Waals surface area contributed by atoms with Gasteiger partial charge in [0.05, 0.1) is 16.9 Å². The fourth-order valence-corrected chi connectivity index (χ4v) is 2.32. The lowest BCUT2D eigenvalue weighted by Crippen LogP contribution is -2.30. The Hall–Kier alpha value is -2.25. The van der Waals surface area contributed by atoms with Gasteiger partial charge in [-0.15, -0.1) is 0 Å². The van der Waals surface area contributed by atoms with E-state index >= 15 is 0 Å². The van der Waals surface area contributed by atoms with Crippen molar-refractivity contribution in [3.8, 4) is 5.75 Å². The molecule has 25 heavy (non-hydrogen) atoms. The van der Waals surface area contributed by atoms with Crippen molar-refractivity contribution in [1.82, 2.24) is 9.78 Å². The maximum atomic E-state index is 12.2. The van der Waals surface area contributed by atoms with E-state index in [2.05, 4.69) is 10.4 Å². The van der Waals surface area contributed by atoms with E-state index in [0.29, 0.717) is 34.4 Å². The third-order valence-electron chi connectivity index (χ3n) is 3.24. The van der Waals surface area contributed by atoms with Gasteiger partial charge in [0.15, 0.2) is 6.10 Å². The van der Waals surface area contributed by atoms with Gasteiger partial charge in [0.2, 0.25) is 0 Å². The molecular formula is C16H17Cl2N3O4. The number of amides is 1. The first-order chi connectivity index (χ1) is 11.8. The summed E-state index contributed by atoms with van der Waals surface area (Å²) in [6, 6.07) is 4.75. The monoisotopic (exact) mass is 385 g/mol. The molecule has 2 N–H and O–H groups in total. The molecule has 0 spiro atoms. The molecule has 2 aromatic rings. The highest BCUT2D eigenvalue weighted by atomic mass is 35.5. The van der Waals surface area contributed by atoms with Crippen LogP contribution in [0, 0.1) is 0 Å². The van der Waals surface area contributed by atoms with Gasteiger partial charge in [0.25, 0.3) is 5.91 Å². The highest BCUT2D eigenvalue weighted by Crippen LogP contribution is 2.28. The number of aliphatic carboxylic acids is 1. The van der Waals surface area contributed by atoms with Gasteiger partial charge in [-0.2, -0.15) is 5.10 Å². The minimum Gasteiger partial charge on any atom is -0.481 e. The summed E-state index contributed by atoms with van der Waals surface area (Å²) in [6.07, 6.45) is 2.83. The summed E-state index contributed by atoms with van der Waals surface area (Å²) in [5, 5.41) is 16.2. The molecule has 134 valence electrons. The number of carbonyl (C=O) groups excluding carboxylic acids is 1. The Morgan fingerprint density at radius 1 is 1.40 bits per heavy atom. The Labute approximate surface area is 154 Å². The van der Waals surface area contributed by atoms with Gasteiger partial charge in [-0.05, 0) is 25.5 Å². The smallest absolute Gasteiger partial charge is 0.303 e. The second-order valence-corrected chi connectivity index (χ2v) is 6.16. The standard InChI is InChI=1S/C16H17Cl2N3O4/c1-10(25-14-7-11(17)4-5-13(14)18)16(24)20-12-8-19-21(9-12)6-2-3-15(22)23/h4-5,7-10H,2-3,6H2,1H3,(H,20,24)(H,22,23)/t10-/m1/s1. The van der Waals surface area contributed by atoms with E-state index in [1.165, 1.54) is 12.3 Å². The van der Waals surface area contributed by atoms with E-state index in [4.69, 9.17) is 33.0 Å². The van der Waals surface area contributed by atoms with E-state index in [-0.39, 0.29) is 12.3 Å². The molecule has 0 saturated carbocycles. The molecule has 0 aliphatic carbocycles. The number of aryl methyl sites for hydroxylation is 1. The molecule has 1 aromatic carbocycles. The number of hydrogen-bond donors (Lipinski definition) is 2. The predicted octanol–water partition coefficient (Wildman–Crippen LogP) is 3.46. The molecule has 0 aliphatic rings. The van der Waals surface area contributed by atoms with Crippen molar-refractivity contribution >= 4 is 40.8 Å². The van der Waals surface area contributed by atoms with Crippen molar-refractivity contribution in [2.45, 2.75) is 32.4 Å². The van der Waals surface area contributed by atoms with E-state index in [1.54, 1.807) is 29.9 Å². The predicted molar refractivity (Wildman–Crippen MR) is 94.3 cm³/mol. The molecule has 0 radical (unpaired) electrons. The molecule has 2 rings (SSSR count). The van der Waals surface area contributed by atoms with Gasteiger partial charge in [-0.1, -0.05) is 23.2 Å². The van der Waals surface area contributed by atoms with Crippen molar-refractivity contribution in [2.24, 2.45) is 0 Å². The van der Waals surface area contributed by atoms with Crippen LogP contribution in [0.5, 0.6) is 5.75 Å². The lowest BCUT2D eigenvalue weighted by molar-refractivity contribution is -0.137. The number of nitrogens with zero attached hydrogens (tertiary/aromatic N) is 2. The molecule has 0 unspecified atom stereocenters. The SMILES string of the molecule is C[C@@H](Oc1cc(Cl)ccc1Cl)C(=O)Nc1cnn(CCCC(=O)O)c1. The number of anilines is 1. The number of ether oxygens (including phenoxy) is 1. The van der Waals surface area contributed by atoms with Crippen LogP contribution in [0.1, 0.15) is 19.8 Å². The van der Waals surface area contributed by atoms with Crippen LogP contribution in [-0.2, 0) is 16.1 Å². The summed E-state index contributed by atoms with van der Waals surface area (Å²) in [5.74, 6) is -0.909. The van der Waals surface area contributed by atoms with Gasteiger partial charge >= 0.3 is 5.97 Å². The first-order valence-electron chi connectivity index (χ1n) is 7.52. The number of halogens is 2. The Morgan fingerprint density at radius 3 is 2.88 bits per heavy atom. The van der Waals surface area contributed by atoms with Crippen LogP contribution in [0.3, 0.4) is 0 Å². The van der Waals surface area contributed by atoms with E-state index < -0.39 is 12.1 Å². The van der Waals surface area contributed by atoms with Gasteiger partial charge in [-0.25, -0.2) is 0 Å². The maximum Gasteiger partial charge on any atom is 0.303 e. The minimum absolute atomic E-state index is 0.0623. The summed E-state index contributed by atoms with van der Waals surface area (Å²) >= 11 is 11.9. The third kappa shape index (κ3) is 5.95. The topological polar surface area (TPSA) is 93.5 Å². The zero-order valence-electron chi connectivity index (χ0n) is 13.4. The molecule has 0 saturated heterocycles. The normalized spacial score (nSPS) is 11.8. The van der Waals surface area contributed by atoms with Crippen LogP contribution in [-0.4, -0.2) is 32.9 Å². The number of nitrogens with one attached hydrogen (secondary N) is 1. The van der Waals surface area contributed by atoms with Crippen LogP contribution in [0.25, 0.3) is 0 Å². The van der Waals surface area contributed by atoms with Crippen LogP contribution in [0.2, 0.25) is 10.0 Å². The minimum atomic E-state index is -0.855. The molecule has 1 amide bonds. The average Bonchev–Trinajstić information content (AvgIpc) is 2.97. The van der Waals surface area contributed by atoms with Crippen molar-refractivity contribution in [3.63, 3.8) is 0 Å². The zero-order chi connectivity index (χ0) is 18.4. The number of carboxylic acids is 1. The number of aromatic nitrogens is 2. The van der Waals surface area contributed by atoms with Crippen molar-refractivity contribution in [1.29, 1.82) is 0 Å². The number of hydrogen-bond acceptors (Lipinski definition) is 4. The van der Waals surface area contributed by atoms with Gasteiger partial charge in [0.1, 0.15) is 5.75 Å². The molecule has 0 bridgehead atoms. The van der Waals surface area contributed by atoms with Crippen LogP contribution < -0.4 is 10.1 Å². The lowest BCUT2D eigenvalue weighted by atomic mass is 10.3. The van der Waals surface area contributed by atoms with Crippen LogP contribution in [0.4, 0.5) is 5.69 Å². The molecule has 1 atom stereocenters. The highest BCUT2D eigenvalue weighted by molar-refractivity contribution is 6.34. The molecule has 1 heterocycles. The summed E-state index contributed by atoms with van der Waals surface area (Å²) in [5.41, 5.74) is 0.493. The van der Waals surface area contributed by atoms with Gasteiger partial charge in [0, 0.05) is 30.3 Å². The lowest BCUT2D eigenvalue weighted by Gasteiger charge is -2.15. The molecule has 0 fully saturated rings. The Morgan fingerprint density at radius 2 is 2.16 bits per heavy atom. The third-order valence-corrected chi connectivity index (χ3v) is 3.79. The number of rotatable bonds is 8. The number of carboxylic acid groups (broad SMARTS) is 1. The highest BCUT2D eigenvalue weighted by Gasteiger charge is 2.17. The molecular weight excluding hydrogens is 369 g/mol. The average molecular weight is 386 g/mol. The van der Waals surface area contributed by atoms with Crippen molar-refractivity contribution in [2.75, 3.05) is 5.32 Å². The van der Waals surface area contributed by atoms with Crippen molar-refractivity contribution < 1.29 is 19.4 Å². The van der Waals surface area contributed by atoms with Crippen LogP contribution >= 0.6 is 23.2 Å². The number of carbonyl (C=O) groups is 2. The molecule has 7 nitrogen and oxygen atoms in total. The second-order valence-electron chi connectivity index (χ2n) is 5.31.